The lowest BCUT2D eigenvalue weighted by Gasteiger charge is -2.24. The molecule has 0 aromatic heterocycles. The van der Waals surface area contributed by atoms with Crippen LogP contribution in [-0.2, 0) is 10.2 Å². The summed E-state index contributed by atoms with van der Waals surface area (Å²) in [4.78, 5) is 11.7. The van der Waals surface area contributed by atoms with Crippen LogP contribution in [0.5, 0.6) is 5.75 Å². The van der Waals surface area contributed by atoms with Crippen molar-refractivity contribution in [3.63, 3.8) is 0 Å². The van der Waals surface area contributed by atoms with E-state index in [9.17, 15) is 4.79 Å². The summed E-state index contributed by atoms with van der Waals surface area (Å²) in [5, 5.41) is 0. The second kappa shape index (κ2) is 8.36. The van der Waals surface area contributed by atoms with E-state index < -0.39 is 0 Å². The van der Waals surface area contributed by atoms with Crippen molar-refractivity contribution in [2.24, 2.45) is 0 Å². The van der Waals surface area contributed by atoms with Gasteiger partial charge in [0.15, 0.2) is 0 Å². The van der Waals surface area contributed by atoms with E-state index in [4.69, 9.17) is 4.74 Å². The fourth-order valence-corrected chi connectivity index (χ4v) is 2.71. The van der Waals surface area contributed by atoms with Crippen LogP contribution in [0.2, 0.25) is 0 Å². The van der Waals surface area contributed by atoms with Crippen molar-refractivity contribution >= 4 is 5.78 Å². The number of ether oxygens (including phenoxy) is 1. The van der Waals surface area contributed by atoms with Gasteiger partial charge in [-0.25, -0.2) is 0 Å². The van der Waals surface area contributed by atoms with Crippen molar-refractivity contribution in [1.82, 2.24) is 0 Å². The van der Waals surface area contributed by atoms with E-state index in [1.807, 2.05) is 13.8 Å². The molecule has 0 aliphatic carbocycles. The summed E-state index contributed by atoms with van der Waals surface area (Å²) >= 11 is 0. The summed E-state index contributed by atoms with van der Waals surface area (Å²) < 4.78 is 5.84. The number of carbonyl (C=O) groups is 1. The van der Waals surface area contributed by atoms with Gasteiger partial charge in [-0.1, -0.05) is 46.8 Å². The van der Waals surface area contributed by atoms with Gasteiger partial charge in [0.2, 0.25) is 0 Å². The molecule has 2 heteroatoms. The van der Waals surface area contributed by atoms with Crippen LogP contribution in [-0.4, -0.2) is 12.4 Å². The van der Waals surface area contributed by atoms with Crippen LogP contribution in [0, 0.1) is 0 Å². The Kier molecular flexibility index (Phi) is 7.12. The Hall–Kier alpha value is -1.31. The highest BCUT2D eigenvalue weighted by Gasteiger charge is 2.20. The Labute approximate surface area is 136 Å². The summed E-state index contributed by atoms with van der Waals surface area (Å²) in [7, 11) is 0. The lowest BCUT2D eigenvalue weighted by atomic mass is 9.82. The molecule has 1 rings (SSSR count). The summed E-state index contributed by atoms with van der Waals surface area (Å²) in [6.45, 7) is 13.5. The molecular weight excluding hydrogens is 272 g/mol. The summed E-state index contributed by atoms with van der Waals surface area (Å²) in [5.74, 6) is 1.72. The molecule has 0 saturated heterocycles. The van der Waals surface area contributed by atoms with E-state index in [2.05, 4.69) is 45.9 Å². The van der Waals surface area contributed by atoms with Gasteiger partial charge in [-0.2, -0.15) is 0 Å². The minimum atomic E-state index is 0.122. The normalized spacial score (nSPS) is 13.0. The van der Waals surface area contributed by atoms with Crippen molar-refractivity contribution < 1.29 is 9.53 Å². The quantitative estimate of drug-likeness (QED) is 0.621. The third-order valence-electron chi connectivity index (χ3n) is 4.27. The van der Waals surface area contributed by atoms with E-state index in [0.29, 0.717) is 31.1 Å². The fraction of sp³-hybridized carbons (Fsp3) is 0.650. The zero-order valence-corrected chi connectivity index (χ0v) is 15.2. The first-order valence-electron chi connectivity index (χ1n) is 8.62. The maximum Gasteiger partial charge on any atom is 0.132 e. The number of hydrogen-bond donors (Lipinski definition) is 0. The Morgan fingerprint density at radius 1 is 1.18 bits per heavy atom. The number of rotatable bonds is 8. The zero-order chi connectivity index (χ0) is 16.8. The Bertz CT molecular complexity index is 483. The predicted molar refractivity (Wildman–Crippen MR) is 93.9 cm³/mol. The second-order valence-corrected chi connectivity index (χ2v) is 6.97. The zero-order valence-electron chi connectivity index (χ0n) is 15.2. The maximum absolute atomic E-state index is 11.7. The maximum atomic E-state index is 11.7. The first kappa shape index (κ1) is 18.7. The standard InChI is InChI=1S/C20H32O2/c1-7-15(10-12-17(21)8-2)18-14-16(20(4,5)6)11-13-19(18)22-9-3/h11,13-15H,7-10,12H2,1-6H3. The fourth-order valence-electron chi connectivity index (χ4n) is 2.71. The molecule has 0 N–H and O–H groups in total. The highest BCUT2D eigenvalue weighted by atomic mass is 16.5. The van der Waals surface area contributed by atoms with Gasteiger partial charge >= 0.3 is 0 Å². The number of ketones is 1. The summed E-state index contributed by atoms with van der Waals surface area (Å²) in [6.07, 6.45) is 3.25. The van der Waals surface area contributed by atoms with Crippen LogP contribution < -0.4 is 4.74 Å². The molecule has 0 aliphatic heterocycles. The van der Waals surface area contributed by atoms with Gasteiger partial charge in [-0.15, -0.1) is 0 Å². The number of Topliss-reactive ketones (excluding diaryl/α,β-unsaturated/α-hetero) is 1. The van der Waals surface area contributed by atoms with Gasteiger partial charge in [0.05, 0.1) is 6.61 Å². The third-order valence-corrected chi connectivity index (χ3v) is 4.27. The van der Waals surface area contributed by atoms with E-state index in [1.54, 1.807) is 0 Å². The molecule has 22 heavy (non-hydrogen) atoms. The Morgan fingerprint density at radius 2 is 1.86 bits per heavy atom. The van der Waals surface area contributed by atoms with Crippen molar-refractivity contribution in [2.45, 2.75) is 78.6 Å². The van der Waals surface area contributed by atoms with Crippen molar-refractivity contribution in [2.75, 3.05) is 6.61 Å². The van der Waals surface area contributed by atoms with Crippen LogP contribution in [0.1, 0.15) is 84.3 Å². The monoisotopic (exact) mass is 304 g/mol. The molecule has 1 unspecified atom stereocenters. The number of hydrogen-bond acceptors (Lipinski definition) is 2. The van der Waals surface area contributed by atoms with Crippen LogP contribution in [0.4, 0.5) is 0 Å². The van der Waals surface area contributed by atoms with Crippen LogP contribution in [0.25, 0.3) is 0 Å². The van der Waals surface area contributed by atoms with E-state index in [0.717, 1.165) is 18.6 Å². The first-order chi connectivity index (χ1) is 10.3. The third kappa shape index (κ3) is 5.15. The molecule has 0 saturated carbocycles. The van der Waals surface area contributed by atoms with Gasteiger partial charge < -0.3 is 4.74 Å². The molecule has 1 atom stereocenters. The predicted octanol–water partition coefficient (Wildman–Crippen LogP) is 5.64. The second-order valence-electron chi connectivity index (χ2n) is 6.97. The molecule has 0 bridgehead atoms. The van der Waals surface area contributed by atoms with Gasteiger partial charge in [0, 0.05) is 12.8 Å². The minimum absolute atomic E-state index is 0.122. The lowest BCUT2D eigenvalue weighted by molar-refractivity contribution is -0.118. The number of benzene rings is 1. The molecular formula is C20H32O2. The highest BCUT2D eigenvalue weighted by molar-refractivity contribution is 5.78. The van der Waals surface area contributed by atoms with Crippen LogP contribution in [0.3, 0.4) is 0 Å². The Balaban J connectivity index is 3.11. The van der Waals surface area contributed by atoms with Gasteiger partial charge in [0.25, 0.3) is 0 Å². The molecule has 0 aliphatic rings. The van der Waals surface area contributed by atoms with Crippen molar-refractivity contribution in [3.05, 3.63) is 29.3 Å². The minimum Gasteiger partial charge on any atom is -0.494 e. The molecule has 0 heterocycles. The van der Waals surface area contributed by atoms with Crippen molar-refractivity contribution in [3.8, 4) is 5.75 Å². The Morgan fingerprint density at radius 3 is 2.36 bits per heavy atom. The molecule has 2 nitrogen and oxygen atoms in total. The van der Waals surface area contributed by atoms with E-state index >= 15 is 0 Å². The largest absolute Gasteiger partial charge is 0.494 e. The lowest BCUT2D eigenvalue weighted by Crippen LogP contribution is -2.13. The van der Waals surface area contributed by atoms with Crippen molar-refractivity contribution in [1.29, 1.82) is 0 Å². The average Bonchev–Trinajstić information content (AvgIpc) is 2.48. The average molecular weight is 304 g/mol. The van der Waals surface area contributed by atoms with Gasteiger partial charge in [-0.3, -0.25) is 4.79 Å². The molecule has 124 valence electrons. The summed E-state index contributed by atoms with van der Waals surface area (Å²) in [5.41, 5.74) is 2.71. The number of carbonyl (C=O) groups excluding carboxylic acids is 1. The molecule has 0 fully saturated rings. The van der Waals surface area contributed by atoms with Crippen LogP contribution in [0.15, 0.2) is 18.2 Å². The highest BCUT2D eigenvalue weighted by Crippen LogP contribution is 2.36. The van der Waals surface area contributed by atoms with E-state index in [-0.39, 0.29) is 5.41 Å². The summed E-state index contributed by atoms with van der Waals surface area (Å²) in [6, 6.07) is 6.55. The van der Waals surface area contributed by atoms with Gasteiger partial charge in [-0.05, 0) is 48.3 Å². The molecule has 1 aromatic rings. The molecule has 0 radical (unpaired) electrons. The smallest absolute Gasteiger partial charge is 0.132 e. The van der Waals surface area contributed by atoms with Crippen LogP contribution >= 0.6 is 0 Å². The first-order valence-corrected chi connectivity index (χ1v) is 8.62. The SMILES string of the molecule is CCOc1ccc(C(C)(C)C)cc1C(CC)CCC(=O)CC. The molecule has 1 aromatic carbocycles. The van der Waals surface area contributed by atoms with Gasteiger partial charge in [0.1, 0.15) is 11.5 Å². The topological polar surface area (TPSA) is 26.3 Å². The molecule has 0 spiro atoms. The van der Waals surface area contributed by atoms with E-state index in [1.165, 1.54) is 11.1 Å². The molecule has 0 amide bonds.